The van der Waals surface area contributed by atoms with E-state index in [2.05, 4.69) is 4.98 Å². The Labute approximate surface area is 121 Å². The molecule has 2 rings (SSSR count). The van der Waals surface area contributed by atoms with Gasteiger partial charge in [0.05, 0.1) is 11.2 Å². The summed E-state index contributed by atoms with van der Waals surface area (Å²) in [6.45, 7) is 11.6. The molecule has 20 heavy (non-hydrogen) atoms. The lowest BCUT2D eigenvalue weighted by Crippen LogP contribution is -2.41. The van der Waals surface area contributed by atoms with E-state index >= 15 is 0 Å². The summed E-state index contributed by atoms with van der Waals surface area (Å²) in [5, 5.41) is 0. The molecular formula is C15H22BNO3. The lowest BCUT2D eigenvalue weighted by molar-refractivity contribution is -0.116. The van der Waals surface area contributed by atoms with E-state index < -0.39 is 7.12 Å². The van der Waals surface area contributed by atoms with Gasteiger partial charge in [-0.05, 0) is 47.1 Å². The van der Waals surface area contributed by atoms with Crippen molar-refractivity contribution in [1.82, 2.24) is 4.98 Å². The first-order valence-electron chi connectivity index (χ1n) is 6.93. The van der Waals surface area contributed by atoms with Crippen LogP contribution in [0, 0.1) is 6.92 Å². The molecule has 0 saturated carbocycles. The summed E-state index contributed by atoms with van der Waals surface area (Å²) in [5.74, 6) is 0.121. The van der Waals surface area contributed by atoms with Gasteiger partial charge in [0.2, 0.25) is 0 Å². The van der Waals surface area contributed by atoms with Crippen LogP contribution in [-0.4, -0.2) is 29.1 Å². The van der Waals surface area contributed by atoms with Gasteiger partial charge in [0.1, 0.15) is 5.78 Å². The molecule has 0 bridgehead atoms. The van der Waals surface area contributed by atoms with Gasteiger partial charge in [-0.25, -0.2) is 0 Å². The Morgan fingerprint density at radius 2 is 1.80 bits per heavy atom. The number of ketones is 1. The predicted molar refractivity (Wildman–Crippen MR) is 79.1 cm³/mol. The summed E-state index contributed by atoms with van der Waals surface area (Å²) >= 11 is 0. The minimum Gasteiger partial charge on any atom is -0.399 e. The molecule has 0 spiro atoms. The summed E-state index contributed by atoms with van der Waals surface area (Å²) in [5.41, 5.74) is 1.92. The molecule has 1 aliphatic heterocycles. The van der Waals surface area contributed by atoms with Crippen LogP contribution >= 0.6 is 0 Å². The summed E-state index contributed by atoms with van der Waals surface area (Å²) in [4.78, 5) is 15.6. The second kappa shape index (κ2) is 4.97. The predicted octanol–water partition coefficient (Wildman–Crippen LogP) is 1.82. The fourth-order valence-corrected chi connectivity index (χ4v) is 2.19. The zero-order chi connectivity index (χ0) is 15.1. The van der Waals surface area contributed by atoms with E-state index in [1.54, 1.807) is 13.1 Å². The van der Waals surface area contributed by atoms with Gasteiger partial charge >= 0.3 is 7.12 Å². The molecule has 4 nitrogen and oxygen atoms in total. The summed E-state index contributed by atoms with van der Waals surface area (Å²) in [6.07, 6.45) is 2.13. The second-order valence-electron chi connectivity index (χ2n) is 6.49. The highest BCUT2D eigenvalue weighted by molar-refractivity contribution is 6.62. The molecule has 0 atom stereocenters. The number of pyridine rings is 1. The Bertz CT molecular complexity index is 524. The summed E-state index contributed by atoms with van der Waals surface area (Å²) < 4.78 is 12.1. The van der Waals surface area contributed by atoms with E-state index in [1.807, 2.05) is 40.7 Å². The molecule has 1 aromatic rings. The van der Waals surface area contributed by atoms with Crippen molar-refractivity contribution in [1.29, 1.82) is 0 Å². The molecule has 108 valence electrons. The number of hydrogen-bond acceptors (Lipinski definition) is 4. The highest BCUT2D eigenvalue weighted by Gasteiger charge is 2.52. The number of hydrogen-bond donors (Lipinski definition) is 0. The van der Waals surface area contributed by atoms with Crippen molar-refractivity contribution in [3.8, 4) is 0 Å². The maximum Gasteiger partial charge on any atom is 0.496 e. The van der Waals surface area contributed by atoms with Crippen molar-refractivity contribution in [2.45, 2.75) is 59.2 Å². The Morgan fingerprint density at radius 3 is 2.30 bits per heavy atom. The Morgan fingerprint density at radius 1 is 1.25 bits per heavy atom. The molecular weight excluding hydrogens is 253 g/mol. The number of rotatable bonds is 3. The molecule has 0 aliphatic carbocycles. The smallest absolute Gasteiger partial charge is 0.399 e. The average molecular weight is 275 g/mol. The quantitative estimate of drug-likeness (QED) is 0.789. The molecule has 0 aromatic carbocycles. The zero-order valence-electron chi connectivity index (χ0n) is 13.1. The number of Topliss-reactive ketones (excluding diaryl/α,β-unsaturated/α-hetero) is 1. The minimum atomic E-state index is -0.431. The van der Waals surface area contributed by atoms with Gasteiger partial charge in [-0.1, -0.05) is 6.07 Å². The Balaban J connectivity index is 2.32. The molecule has 5 heteroatoms. The third-order valence-electron chi connectivity index (χ3n) is 4.14. The summed E-state index contributed by atoms with van der Waals surface area (Å²) in [6, 6.07) is 1.96. The highest BCUT2D eigenvalue weighted by Crippen LogP contribution is 2.36. The van der Waals surface area contributed by atoms with Crippen molar-refractivity contribution in [3.63, 3.8) is 0 Å². The first kappa shape index (κ1) is 15.2. The molecule has 1 fully saturated rings. The maximum absolute atomic E-state index is 11.2. The van der Waals surface area contributed by atoms with Crippen LogP contribution in [0.5, 0.6) is 0 Å². The molecule has 2 heterocycles. The third kappa shape index (κ3) is 2.79. The first-order chi connectivity index (χ1) is 9.12. The lowest BCUT2D eigenvalue weighted by atomic mass is 9.77. The van der Waals surface area contributed by atoms with Crippen molar-refractivity contribution in [2.75, 3.05) is 0 Å². The normalized spacial score (nSPS) is 20.2. The largest absolute Gasteiger partial charge is 0.496 e. The van der Waals surface area contributed by atoms with Crippen molar-refractivity contribution >= 4 is 18.4 Å². The fourth-order valence-electron chi connectivity index (χ4n) is 2.19. The molecule has 0 amide bonds. The molecule has 0 N–H and O–H groups in total. The van der Waals surface area contributed by atoms with Gasteiger partial charge in [-0.2, -0.15) is 0 Å². The molecule has 1 aromatic heterocycles. The van der Waals surface area contributed by atoms with E-state index in [9.17, 15) is 4.79 Å². The van der Waals surface area contributed by atoms with E-state index in [4.69, 9.17) is 9.31 Å². The molecule has 1 aliphatic rings. The number of aryl methyl sites for hydroxylation is 1. The van der Waals surface area contributed by atoms with Crippen LogP contribution in [0.15, 0.2) is 12.3 Å². The number of carbonyl (C=O) groups is 1. The van der Waals surface area contributed by atoms with Crippen molar-refractivity contribution in [3.05, 3.63) is 23.5 Å². The summed E-state index contributed by atoms with van der Waals surface area (Å²) in [7, 11) is -0.431. The van der Waals surface area contributed by atoms with Gasteiger partial charge in [-0.3, -0.25) is 9.78 Å². The van der Waals surface area contributed by atoms with E-state index in [-0.39, 0.29) is 17.0 Å². The van der Waals surface area contributed by atoms with Crippen LogP contribution in [-0.2, 0) is 20.5 Å². The van der Waals surface area contributed by atoms with Gasteiger partial charge in [0.25, 0.3) is 0 Å². The van der Waals surface area contributed by atoms with Gasteiger partial charge in [-0.15, -0.1) is 0 Å². The first-order valence-corrected chi connectivity index (χ1v) is 6.93. The van der Waals surface area contributed by atoms with Crippen LogP contribution < -0.4 is 5.46 Å². The maximum atomic E-state index is 11.2. The average Bonchev–Trinajstić information content (AvgIpc) is 2.50. The molecule has 0 unspecified atom stereocenters. The molecule has 0 radical (unpaired) electrons. The van der Waals surface area contributed by atoms with Gasteiger partial charge in [0, 0.05) is 23.8 Å². The monoisotopic (exact) mass is 275 g/mol. The van der Waals surface area contributed by atoms with Crippen molar-refractivity contribution in [2.24, 2.45) is 0 Å². The Kier molecular flexibility index (Phi) is 3.78. The van der Waals surface area contributed by atoms with Crippen LogP contribution in [0.2, 0.25) is 0 Å². The topological polar surface area (TPSA) is 48.4 Å². The van der Waals surface area contributed by atoms with Crippen molar-refractivity contribution < 1.29 is 14.1 Å². The van der Waals surface area contributed by atoms with Gasteiger partial charge in [0.15, 0.2) is 0 Å². The molecule has 1 saturated heterocycles. The van der Waals surface area contributed by atoms with Crippen LogP contribution in [0.3, 0.4) is 0 Å². The minimum absolute atomic E-state index is 0.121. The number of carbonyl (C=O) groups excluding carboxylic acids is 1. The Hall–Kier alpha value is -1.20. The zero-order valence-corrected chi connectivity index (χ0v) is 13.1. The third-order valence-corrected chi connectivity index (χ3v) is 4.14. The lowest BCUT2D eigenvalue weighted by Gasteiger charge is -2.32. The number of aromatic nitrogens is 1. The van der Waals surface area contributed by atoms with E-state index in [1.165, 1.54) is 0 Å². The second-order valence-corrected chi connectivity index (χ2v) is 6.49. The van der Waals surface area contributed by atoms with Gasteiger partial charge < -0.3 is 9.31 Å². The number of nitrogens with zero attached hydrogens (tertiary/aromatic N) is 1. The SMILES string of the molecule is CC(=O)Cc1cnc(C)c(B2OC(C)(C)C(C)(C)O2)c1. The standard InChI is InChI=1S/C15H22BNO3/c1-10(18)7-12-8-13(11(2)17-9-12)16-19-14(3,4)15(5,6)20-16/h8-9H,7H2,1-6H3. The van der Waals surface area contributed by atoms with Crippen LogP contribution in [0.4, 0.5) is 0 Å². The van der Waals surface area contributed by atoms with Crippen LogP contribution in [0.25, 0.3) is 0 Å². The fraction of sp³-hybridized carbons (Fsp3) is 0.600. The van der Waals surface area contributed by atoms with E-state index in [0.29, 0.717) is 6.42 Å². The van der Waals surface area contributed by atoms with Crippen LogP contribution in [0.1, 0.15) is 45.9 Å². The van der Waals surface area contributed by atoms with E-state index in [0.717, 1.165) is 16.7 Å². The highest BCUT2D eigenvalue weighted by atomic mass is 16.7.